The zero-order chi connectivity index (χ0) is 18.4. The SMILES string of the molecule is CC(C)(C)c1ccc(C(=O)NCCC(=O)N2CCC(CO)CC2)cc1. The van der Waals surface area contributed by atoms with Crippen molar-refractivity contribution < 1.29 is 14.7 Å². The molecule has 0 radical (unpaired) electrons. The Bertz CT molecular complexity index is 582. The van der Waals surface area contributed by atoms with Crippen molar-refractivity contribution in [1.29, 1.82) is 0 Å². The van der Waals surface area contributed by atoms with Crippen LogP contribution in [0, 0.1) is 5.92 Å². The molecule has 5 nitrogen and oxygen atoms in total. The molecule has 138 valence electrons. The summed E-state index contributed by atoms with van der Waals surface area (Å²) in [5.41, 5.74) is 1.86. The maximum atomic E-state index is 12.2. The first-order chi connectivity index (χ1) is 11.8. The van der Waals surface area contributed by atoms with Crippen LogP contribution in [0.15, 0.2) is 24.3 Å². The maximum absolute atomic E-state index is 12.2. The van der Waals surface area contributed by atoms with Crippen LogP contribution in [0.2, 0.25) is 0 Å². The lowest BCUT2D eigenvalue weighted by Crippen LogP contribution is -2.40. The fourth-order valence-corrected chi connectivity index (χ4v) is 3.03. The van der Waals surface area contributed by atoms with Crippen LogP contribution in [0.4, 0.5) is 0 Å². The standard InChI is InChI=1S/C20H30N2O3/c1-20(2,3)17-6-4-16(5-7-17)19(25)21-11-8-18(24)22-12-9-15(14-23)10-13-22/h4-7,15,23H,8-14H2,1-3H3,(H,21,25). The van der Waals surface area contributed by atoms with Gasteiger partial charge >= 0.3 is 0 Å². The smallest absolute Gasteiger partial charge is 0.251 e. The lowest BCUT2D eigenvalue weighted by atomic mass is 9.87. The minimum atomic E-state index is -0.146. The van der Waals surface area contributed by atoms with Crippen LogP contribution in [-0.4, -0.2) is 48.1 Å². The quantitative estimate of drug-likeness (QED) is 0.860. The number of aliphatic hydroxyl groups is 1. The van der Waals surface area contributed by atoms with E-state index in [0.29, 0.717) is 37.5 Å². The first-order valence-electron chi connectivity index (χ1n) is 9.08. The van der Waals surface area contributed by atoms with Crippen molar-refractivity contribution in [2.75, 3.05) is 26.2 Å². The Morgan fingerprint density at radius 3 is 2.28 bits per heavy atom. The minimum Gasteiger partial charge on any atom is -0.396 e. The summed E-state index contributed by atoms with van der Waals surface area (Å²) in [7, 11) is 0. The number of piperidine rings is 1. The molecule has 1 aromatic carbocycles. The van der Waals surface area contributed by atoms with Gasteiger partial charge in [0.15, 0.2) is 0 Å². The summed E-state index contributed by atoms with van der Waals surface area (Å²) in [5, 5.41) is 12.0. The highest BCUT2D eigenvalue weighted by Gasteiger charge is 2.22. The van der Waals surface area contributed by atoms with E-state index in [-0.39, 0.29) is 23.8 Å². The van der Waals surface area contributed by atoms with Crippen molar-refractivity contribution >= 4 is 11.8 Å². The maximum Gasteiger partial charge on any atom is 0.251 e. The number of benzene rings is 1. The fraction of sp³-hybridized carbons (Fsp3) is 0.600. The molecule has 0 unspecified atom stereocenters. The number of rotatable bonds is 5. The van der Waals surface area contributed by atoms with Crippen LogP contribution in [0.5, 0.6) is 0 Å². The van der Waals surface area contributed by atoms with E-state index in [4.69, 9.17) is 5.11 Å². The molecule has 0 spiro atoms. The van der Waals surface area contributed by atoms with Crippen LogP contribution in [0.1, 0.15) is 56.0 Å². The van der Waals surface area contributed by atoms with E-state index < -0.39 is 0 Å². The Balaban J connectivity index is 1.76. The summed E-state index contributed by atoms with van der Waals surface area (Å²) in [5.74, 6) is 0.242. The fourth-order valence-electron chi connectivity index (χ4n) is 3.03. The highest BCUT2D eigenvalue weighted by atomic mass is 16.3. The van der Waals surface area contributed by atoms with Crippen molar-refractivity contribution in [3.63, 3.8) is 0 Å². The van der Waals surface area contributed by atoms with Crippen molar-refractivity contribution in [1.82, 2.24) is 10.2 Å². The lowest BCUT2D eigenvalue weighted by molar-refractivity contribution is -0.132. The predicted molar refractivity (Wildman–Crippen MR) is 98.5 cm³/mol. The average molecular weight is 346 g/mol. The van der Waals surface area contributed by atoms with Gasteiger partial charge in [0.25, 0.3) is 5.91 Å². The van der Waals surface area contributed by atoms with Crippen molar-refractivity contribution in [2.24, 2.45) is 5.92 Å². The van der Waals surface area contributed by atoms with Crippen molar-refractivity contribution in [3.8, 4) is 0 Å². The highest BCUT2D eigenvalue weighted by molar-refractivity contribution is 5.94. The van der Waals surface area contributed by atoms with Gasteiger partial charge in [-0.3, -0.25) is 9.59 Å². The van der Waals surface area contributed by atoms with E-state index in [9.17, 15) is 9.59 Å². The van der Waals surface area contributed by atoms with Gasteiger partial charge in [-0.05, 0) is 41.9 Å². The summed E-state index contributed by atoms with van der Waals surface area (Å²) in [6.07, 6.45) is 2.03. The largest absolute Gasteiger partial charge is 0.396 e. The molecule has 1 saturated heterocycles. The van der Waals surface area contributed by atoms with Crippen LogP contribution in [-0.2, 0) is 10.2 Å². The van der Waals surface area contributed by atoms with Gasteiger partial charge in [0, 0.05) is 38.2 Å². The molecule has 1 aromatic rings. The molecule has 0 aliphatic carbocycles. The molecule has 1 aliphatic heterocycles. The Labute approximate surface area is 150 Å². The third-order valence-electron chi connectivity index (χ3n) is 4.86. The molecule has 2 rings (SSSR count). The van der Waals surface area contributed by atoms with Gasteiger partial charge in [-0.1, -0.05) is 32.9 Å². The molecule has 2 amide bonds. The second-order valence-corrected chi connectivity index (χ2v) is 7.84. The Morgan fingerprint density at radius 1 is 1.16 bits per heavy atom. The zero-order valence-corrected chi connectivity index (χ0v) is 15.5. The van der Waals surface area contributed by atoms with E-state index in [1.807, 2.05) is 29.2 Å². The van der Waals surface area contributed by atoms with E-state index in [1.165, 1.54) is 5.56 Å². The number of hydrogen-bond donors (Lipinski definition) is 2. The molecule has 1 aliphatic rings. The summed E-state index contributed by atoms with van der Waals surface area (Å²) < 4.78 is 0. The number of nitrogens with zero attached hydrogens (tertiary/aromatic N) is 1. The first kappa shape index (κ1) is 19.4. The van der Waals surface area contributed by atoms with Crippen LogP contribution in [0.25, 0.3) is 0 Å². The monoisotopic (exact) mass is 346 g/mol. The van der Waals surface area contributed by atoms with E-state index in [2.05, 4.69) is 26.1 Å². The van der Waals surface area contributed by atoms with E-state index in [1.54, 1.807) is 0 Å². The van der Waals surface area contributed by atoms with Gasteiger partial charge in [-0.25, -0.2) is 0 Å². The van der Waals surface area contributed by atoms with Gasteiger partial charge in [0.05, 0.1) is 0 Å². The number of aliphatic hydroxyl groups excluding tert-OH is 1. The van der Waals surface area contributed by atoms with E-state index in [0.717, 1.165) is 12.8 Å². The first-order valence-corrected chi connectivity index (χ1v) is 9.08. The normalized spacial score (nSPS) is 15.9. The number of hydrogen-bond acceptors (Lipinski definition) is 3. The van der Waals surface area contributed by atoms with Gasteiger partial charge in [0.1, 0.15) is 0 Å². The van der Waals surface area contributed by atoms with Gasteiger partial charge in [-0.2, -0.15) is 0 Å². The molecular formula is C20H30N2O3. The molecule has 2 N–H and O–H groups in total. The zero-order valence-electron chi connectivity index (χ0n) is 15.5. The highest BCUT2D eigenvalue weighted by Crippen LogP contribution is 2.22. The summed E-state index contributed by atoms with van der Waals surface area (Å²) in [6.45, 7) is 8.36. The van der Waals surface area contributed by atoms with E-state index >= 15 is 0 Å². The number of nitrogens with one attached hydrogen (secondary N) is 1. The number of carbonyl (C=O) groups excluding carboxylic acids is 2. The Morgan fingerprint density at radius 2 is 1.76 bits per heavy atom. The van der Waals surface area contributed by atoms with Crippen LogP contribution >= 0.6 is 0 Å². The number of carbonyl (C=O) groups is 2. The molecule has 1 fully saturated rings. The number of amides is 2. The van der Waals surface area contributed by atoms with Gasteiger partial charge in [-0.15, -0.1) is 0 Å². The van der Waals surface area contributed by atoms with Crippen LogP contribution in [0.3, 0.4) is 0 Å². The predicted octanol–water partition coefficient (Wildman–Crippen LogP) is 2.33. The topological polar surface area (TPSA) is 69.6 Å². The summed E-state index contributed by atoms with van der Waals surface area (Å²) in [6, 6.07) is 7.62. The summed E-state index contributed by atoms with van der Waals surface area (Å²) >= 11 is 0. The second kappa shape index (κ2) is 8.48. The molecule has 1 heterocycles. The van der Waals surface area contributed by atoms with Crippen LogP contribution < -0.4 is 5.32 Å². The summed E-state index contributed by atoms with van der Waals surface area (Å²) in [4.78, 5) is 26.2. The second-order valence-electron chi connectivity index (χ2n) is 7.84. The minimum absolute atomic E-state index is 0.0604. The molecule has 0 atom stereocenters. The molecular weight excluding hydrogens is 316 g/mol. The van der Waals surface area contributed by atoms with Gasteiger partial charge < -0.3 is 15.3 Å². The number of likely N-dealkylation sites (tertiary alicyclic amines) is 1. The van der Waals surface area contributed by atoms with Gasteiger partial charge in [0.2, 0.25) is 5.91 Å². The molecule has 0 aromatic heterocycles. The average Bonchev–Trinajstić information content (AvgIpc) is 2.61. The molecule has 0 saturated carbocycles. The third-order valence-corrected chi connectivity index (χ3v) is 4.86. The Hall–Kier alpha value is -1.88. The lowest BCUT2D eigenvalue weighted by Gasteiger charge is -2.31. The Kier molecular flexibility index (Phi) is 6.59. The molecule has 5 heteroatoms. The van der Waals surface area contributed by atoms with Crippen molar-refractivity contribution in [2.45, 2.75) is 45.4 Å². The third kappa shape index (κ3) is 5.56. The van der Waals surface area contributed by atoms with Crippen molar-refractivity contribution in [3.05, 3.63) is 35.4 Å². The molecule has 0 bridgehead atoms. The molecule has 25 heavy (non-hydrogen) atoms.